The van der Waals surface area contributed by atoms with Crippen molar-refractivity contribution in [3.8, 4) is 0 Å². The van der Waals surface area contributed by atoms with Crippen LogP contribution >= 0.6 is 0 Å². The fraction of sp³-hybridized carbons (Fsp3) is 1.00. The fourth-order valence-electron chi connectivity index (χ4n) is 7.45. The highest BCUT2D eigenvalue weighted by Crippen LogP contribution is 2.34. The first kappa shape index (κ1) is 25.5. The molecule has 5 fully saturated rings. The molecule has 4 nitrogen and oxygen atoms in total. The Morgan fingerprint density at radius 2 is 0.500 bits per heavy atom. The molecule has 0 aliphatic heterocycles. The lowest BCUT2D eigenvalue weighted by Crippen LogP contribution is -2.37. The predicted octanol–water partition coefficient (Wildman–Crippen LogP) is 7.65. The first-order valence-electron chi connectivity index (χ1n) is 15.4. The zero-order chi connectivity index (χ0) is 23.0. The molecule has 0 aromatic rings. The third kappa shape index (κ3) is 7.92. The van der Waals surface area contributed by atoms with Crippen molar-refractivity contribution >= 4 is 0 Å². The zero-order valence-electron chi connectivity index (χ0n) is 21.8. The van der Waals surface area contributed by atoms with Gasteiger partial charge in [0.15, 0.2) is 0 Å². The van der Waals surface area contributed by atoms with Crippen LogP contribution in [-0.4, -0.2) is 48.8 Å². The largest absolute Gasteiger partial charge is 0.375 e. The van der Waals surface area contributed by atoms with Gasteiger partial charge in [-0.3, -0.25) is 0 Å². The Labute approximate surface area is 209 Å². The van der Waals surface area contributed by atoms with Crippen molar-refractivity contribution in [1.82, 2.24) is 0 Å². The van der Waals surface area contributed by atoms with E-state index in [0.29, 0.717) is 48.8 Å². The zero-order valence-corrected chi connectivity index (χ0v) is 21.8. The lowest BCUT2D eigenvalue weighted by Gasteiger charge is -2.38. The summed E-state index contributed by atoms with van der Waals surface area (Å²) in [5, 5.41) is 0. The molecular formula is C30H52O4. The Hall–Kier alpha value is -0.160. The monoisotopic (exact) mass is 476 g/mol. The van der Waals surface area contributed by atoms with E-state index in [2.05, 4.69) is 0 Å². The van der Waals surface area contributed by atoms with E-state index in [9.17, 15) is 0 Å². The van der Waals surface area contributed by atoms with Crippen LogP contribution in [0.3, 0.4) is 0 Å². The van der Waals surface area contributed by atoms with Crippen molar-refractivity contribution in [2.24, 2.45) is 0 Å². The van der Waals surface area contributed by atoms with Crippen LogP contribution in [0.2, 0.25) is 0 Å². The molecule has 0 saturated heterocycles. The van der Waals surface area contributed by atoms with Gasteiger partial charge in [0, 0.05) is 0 Å². The molecular weight excluding hydrogens is 424 g/mol. The highest BCUT2D eigenvalue weighted by molar-refractivity contribution is 4.82. The summed E-state index contributed by atoms with van der Waals surface area (Å²) in [5.41, 5.74) is 0. The Balaban J connectivity index is 0.949. The van der Waals surface area contributed by atoms with E-state index in [1.54, 1.807) is 0 Å². The second-order valence-corrected chi connectivity index (χ2v) is 12.3. The van der Waals surface area contributed by atoms with Crippen LogP contribution in [0.1, 0.15) is 141 Å². The summed E-state index contributed by atoms with van der Waals surface area (Å²) < 4.78 is 26.1. The molecule has 5 rings (SSSR count). The molecule has 4 heteroatoms. The molecule has 0 aromatic heterocycles. The minimum absolute atomic E-state index is 0.421. The predicted molar refractivity (Wildman–Crippen MR) is 136 cm³/mol. The summed E-state index contributed by atoms with van der Waals surface area (Å²) in [4.78, 5) is 0. The smallest absolute Gasteiger partial charge is 0.0603 e. The Kier molecular flexibility index (Phi) is 10.0. The molecule has 5 saturated carbocycles. The van der Waals surface area contributed by atoms with Gasteiger partial charge in [0.25, 0.3) is 0 Å². The normalized spacial score (nSPS) is 39.2. The van der Waals surface area contributed by atoms with Crippen molar-refractivity contribution in [1.29, 1.82) is 0 Å². The second-order valence-electron chi connectivity index (χ2n) is 12.3. The van der Waals surface area contributed by atoms with Crippen LogP contribution in [0.4, 0.5) is 0 Å². The topological polar surface area (TPSA) is 36.9 Å². The van der Waals surface area contributed by atoms with Gasteiger partial charge in [-0.05, 0) is 103 Å². The van der Waals surface area contributed by atoms with Gasteiger partial charge in [0.2, 0.25) is 0 Å². The van der Waals surface area contributed by atoms with Crippen LogP contribution in [-0.2, 0) is 18.9 Å². The first-order valence-corrected chi connectivity index (χ1v) is 15.4. The van der Waals surface area contributed by atoms with Gasteiger partial charge in [0.05, 0.1) is 48.8 Å². The minimum Gasteiger partial charge on any atom is -0.375 e. The summed E-state index contributed by atoms with van der Waals surface area (Å²) in [6, 6.07) is 0. The highest BCUT2D eigenvalue weighted by Gasteiger charge is 2.32. The number of hydrogen-bond acceptors (Lipinski definition) is 4. The molecule has 0 amide bonds. The molecule has 0 spiro atoms. The van der Waals surface area contributed by atoms with Crippen molar-refractivity contribution in [2.45, 2.75) is 190 Å². The Bertz CT molecular complexity index is 554. The average Bonchev–Trinajstić information content (AvgIpc) is 2.88. The molecule has 0 bridgehead atoms. The summed E-state index contributed by atoms with van der Waals surface area (Å²) in [5.74, 6) is 0. The van der Waals surface area contributed by atoms with Crippen molar-refractivity contribution < 1.29 is 18.9 Å². The van der Waals surface area contributed by atoms with Gasteiger partial charge in [-0.15, -0.1) is 0 Å². The van der Waals surface area contributed by atoms with E-state index >= 15 is 0 Å². The van der Waals surface area contributed by atoms with Crippen LogP contribution in [0.5, 0.6) is 0 Å². The summed E-state index contributed by atoms with van der Waals surface area (Å²) >= 11 is 0. The second kappa shape index (κ2) is 13.4. The van der Waals surface area contributed by atoms with E-state index in [1.807, 2.05) is 0 Å². The van der Waals surface area contributed by atoms with E-state index in [4.69, 9.17) is 18.9 Å². The third-order valence-corrected chi connectivity index (χ3v) is 9.46. The van der Waals surface area contributed by atoms with E-state index in [1.165, 1.54) is 135 Å². The van der Waals surface area contributed by atoms with E-state index in [0.717, 1.165) is 6.42 Å². The molecule has 0 aromatic carbocycles. The van der Waals surface area contributed by atoms with Gasteiger partial charge in [-0.1, -0.05) is 38.5 Å². The maximum absolute atomic E-state index is 6.62. The molecule has 5 aliphatic carbocycles. The molecule has 34 heavy (non-hydrogen) atoms. The SMILES string of the molecule is C1CCC(OC2CCC(OC3CCC(OC4CCCC(OC5CCCCC5)C4)CC3)CC2)CC1. The number of rotatable bonds is 8. The Morgan fingerprint density at radius 3 is 0.853 bits per heavy atom. The van der Waals surface area contributed by atoms with Gasteiger partial charge in [-0.25, -0.2) is 0 Å². The van der Waals surface area contributed by atoms with Crippen molar-refractivity contribution in [2.75, 3.05) is 0 Å². The van der Waals surface area contributed by atoms with Gasteiger partial charge in [-0.2, -0.15) is 0 Å². The number of hydrogen-bond donors (Lipinski definition) is 0. The van der Waals surface area contributed by atoms with Gasteiger partial charge >= 0.3 is 0 Å². The van der Waals surface area contributed by atoms with Gasteiger partial charge in [0.1, 0.15) is 0 Å². The van der Waals surface area contributed by atoms with E-state index in [-0.39, 0.29) is 0 Å². The lowest BCUT2D eigenvalue weighted by atomic mass is 9.90. The quantitative estimate of drug-likeness (QED) is 0.360. The molecule has 2 unspecified atom stereocenters. The average molecular weight is 477 g/mol. The maximum atomic E-state index is 6.62. The Morgan fingerprint density at radius 1 is 0.235 bits per heavy atom. The summed E-state index contributed by atoms with van der Waals surface area (Å²) in [6.45, 7) is 0. The van der Waals surface area contributed by atoms with Crippen LogP contribution in [0.25, 0.3) is 0 Å². The molecule has 2 atom stereocenters. The number of ether oxygens (including phenoxy) is 4. The molecule has 0 heterocycles. The van der Waals surface area contributed by atoms with Crippen molar-refractivity contribution in [3.05, 3.63) is 0 Å². The van der Waals surface area contributed by atoms with Crippen LogP contribution < -0.4 is 0 Å². The summed E-state index contributed by atoms with van der Waals surface area (Å²) in [7, 11) is 0. The highest BCUT2D eigenvalue weighted by atomic mass is 16.5. The minimum atomic E-state index is 0.421. The maximum Gasteiger partial charge on any atom is 0.0603 e. The van der Waals surface area contributed by atoms with Gasteiger partial charge < -0.3 is 18.9 Å². The first-order chi connectivity index (χ1) is 16.8. The molecule has 0 radical (unpaired) electrons. The molecule has 0 N–H and O–H groups in total. The lowest BCUT2D eigenvalue weighted by molar-refractivity contribution is -0.123. The van der Waals surface area contributed by atoms with E-state index < -0.39 is 0 Å². The summed E-state index contributed by atoms with van der Waals surface area (Å²) in [6.07, 6.45) is 31.5. The standard InChI is InChI=1S/C30H52O4/c1-3-8-23(9-4-1)31-25-14-16-26(17-15-25)32-27-18-20-28(21-19-27)34-30-13-7-12-29(22-30)33-24-10-5-2-6-11-24/h23-30H,1-22H2. The van der Waals surface area contributed by atoms with Crippen LogP contribution in [0.15, 0.2) is 0 Å². The molecule has 5 aliphatic rings. The van der Waals surface area contributed by atoms with Crippen LogP contribution in [0, 0.1) is 0 Å². The van der Waals surface area contributed by atoms with Crippen molar-refractivity contribution in [3.63, 3.8) is 0 Å². The third-order valence-electron chi connectivity index (χ3n) is 9.46. The molecule has 196 valence electrons. The fourth-order valence-corrected chi connectivity index (χ4v) is 7.45.